The Hall–Kier alpha value is -2.38. The standard InChI is InChI=1S/C20H19F2N3OS/c21-14-6-3-7-15(22)19(14)24-18(26)12-25-10-4-5-13(11-25)20-23-16-8-1-2-9-17(16)27-20/h1-3,6-9,13H,4-5,10-12H2,(H,24,26)/p+1/t13-/m1/s1. The van der Waals surface area contributed by atoms with Crippen LogP contribution in [0.4, 0.5) is 14.5 Å². The lowest BCUT2D eigenvalue weighted by Gasteiger charge is -2.28. The zero-order valence-electron chi connectivity index (χ0n) is 14.7. The fraction of sp³-hybridized carbons (Fsp3) is 0.300. The molecule has 1 unspecified atom stereocenters. The molecule has 1 saturated heterocycles. The third kappa shape index (κ3) is 3.99. The van der Waals surface area contributed by atoms with Crippen LogP contribution in [0.3, 0.4) is 0 Å². The van der Waals surface area contributed by atoms with Crippen LogP contribution >= 0.6 is 11.3 Å². The monoisotopic (exact) mass is 388 g/mol. The van der Waals surface area contributed by atoms with E-state index in [-0.39, 0.29) is 18.1 Å². The number of thiazole rings is 1. The topological polar surface area (TPSA) is 46.4 Å². The highest BCUT2D eigenvalue weighted by Gasteiger charge is 2.28. The molecule has 4 nitrogen and oxygen atoms in total. The maximum atomic E-state index is 13.7. The van der Waals surface area contributed by atoms with Gasteiger partial charge in [-0.25, -0.2) is 13.8 Å². The smallest absolute Gasteiger partial charge is 0.279 e. The van der Waals surface area contributed by atoms with Crippen LogP contribution in [-0.4, -0.2) is 30.5 Å². The van der Waals surface area contributed by atoms with Crippen LogP contribution in [0, 0.1) is 11.6 Å². The number of carbonyl (C=O) groups excluding carboxylic acids is 1. The number of quaternary nitrogens is 1. The molecule has 4 rings (SSSR count). The molecule has 27 heavy (non-hydrogen) atoms. The number of likely N-dealkylation sites (tertiary alicyclic amines) is 1. The van der Waals surface area contributed by atoms with Crippen molar-refractivity contribution in [1.29, 1.82) is 0 Å². The van der Waals surface area contributed by atoms with E-state index in [9.17, 15) is 13.6 Å². The van der Waals surface area contributed by atoms with E-state index in [0.717, 1.165) is 53.5 Å². The number of para-hydroxylation sites is 2. The number of benzene rings is 2. The molecular formula is C20H20F2N3OS+. The van der Waals surface area contributed by atoms with Gasteiger partial charge in [-0.2, -0.15) is 0 Å². The van der Waals surface area contributed by atoms with Crippen molar-refractivity contribution in [3.05, 3.63) is 59.1 Å². The average molecular weight is 388 g/mol. The van der Waals surface area contributed by atoms with Crippen molar-refractivity contribution >= 4 is 33.1 Å². The summed E-state index contributed by atoms with van der Waals surface area (Å²) < 4.78 is 28.6. The highest BCUT2D eigenvalue weighted by Crippen LogP contribution is 2.30. The van der Waals surface area contributed by atoms with Crippen molar-refractivity contribution in [2.24, 2.45) is 0 Å². The molecule has 0 radical (unpaired) electrons. The first kappa shape index (κ1) is 18.0. The van der Waals surface area contributed by atoms with Gasteiger partial charge in [-0.3, -0.25) is 4.79 Å². The molecule has 2 heterocycles. The molecule has 2 atom stereocenters. The molecule has 140 valence electrons. The van der Waals surface area contributed by atoms with Crippen LogP contribution in [0.25, 0.3) is 10.2 Å². The first-order valence-electron chi connectivity index (χ1n) is 9.03. The summed E-state index contributed by atoms with van der Waals surface area (Å²) in [6.07, 6.45) is 2.05. The summed E-state index contributed by atoms with van der Waals surface area (Å²) in [5.41, 5.74) is 0.638. The first-order chi connectivity index (χ1) is 13.1. The number of nitrogens with one attached hydrogen (secondary N) is 2. The van der Waals surface area contributed by atoms with Crippen LogP contribution in [0.2, 0.25) is 0 Å². The normalized spacial score (nSPS) is 19.9. The molecule has 1 amide bonds. The number of rotatable bonds is 4. The van der Waals surface area contributed by atoms with Gasteiger partial charge in [-0.05, 0) is 37.1 Å². The maximum absolute atomic E-state index is 13.7. The number of hydrogen-bond acceptors (Lipinski definition) is 3. The third-order valence-corrected chi connectivity index (χ3v) is 6.11. The molecule has 0 bridgehead atoms. The van der Waals surface area contributed by atoms with Crippen LogP contribution in [0.1, 0.15) is 23.8 Å². The minimum absolute atomic E-state index is 0.190. The number of fused-ring (bicyclic) bond motifs is 1. The quantitative estimate of drug-likeness (QED) is 0.722. The minimum Gasteiger partial charge on any atom is -0.327 e. The fourth-order valence-corrected chi connectivity index (χ4v) is 4.72. The zero-order chi connectivity index (χ0) is 18.8. The molecule has 0 saturated carbocycles. The molecule has 2 aromatic carbocycles. The molecule has 2 N–H and O–H groups in total. The second kappa shape index (κ2) is 7.70. The van der Waals surface area contributed by atoms with E-state index in [2.05, 4.69) is 11.4 Å². The number of amides is 1. The summed E-state index contributed by atoms with van der Waals surface area (Å²) in [6.45, 7) is 1.86. The lowest BCUT2D eigenvalue weighted by Crippen LogP contribution is -3.14. The van der Waals surface area contributed by atoms with Gasteiger partial charge in [0.15, 0.2) is 6.54 Å². The van der Waals surface area contributed by atoms with E-state index in [1.807, 2.05) is 18.2 Å². The summed E-state index contributed by atoms with van der Waals surface area (Å²) in [5.74, 6) is -1.59. The summed E-state index contributed by atoms with van der Waals surface area (Å²) in [5, 5.41) is 3.48. The van der Waals surface area contributed by atoms with Crippen LogP contribution in [0.5, 0.6) is 0 Å². The highest BCUT2D eigenvalue weighted by atomic mass is 32.1. The van der Waals surface area contributed by atoms with E-state index in [0.29, 0.717) is 5.92 Å². The molecule has 7 heteroatoms. The predicted molar refractivity (Wildman–Crippen MR) is 102 cm³/mol. The second-order valence-electron chi connectivity index (χ2n) is 6.88. The Morgan fingerprint density at radius 1 is 1.19 bits per heavy atom. The van der Waals surface area contributed by atoms with Gasteiger partial charge in [0.05, 0.1) is 29.2 Å². The average Bonchev–Trinajstić information content (AvgIpc) is 3.09. The van der Waals surface area contributed by atoms with Crippen LogP contribution < -0.4 is 10.2 Å². The van der Waals surface area contributed by atoms with Gasteiger partial charge in [0.1, 0.15) is 22.3 Å². The van der Waals surface area contributed by atoms with E-state index in [4.69, 9.17) is 4.98 Å². The molecule has 1 aliphatic rings. The Bertz CT molecular complexity index is 922. The van der Waals surface area contributed by atoms with Gasteiger partial charge >= 0.3 is 0 Å². The number of halogens is 2. The molecule has 0 aliphatic carbocycles. The summed E-state index contributed by atoms with van der Waals surface area (Å²) >= 11 is 1.71. The first-order valence-corrected chi connectivity index (χ1v) is 9.84. The number of hydrogen-bond donors (Lipinski definition) is 2. The largest absolute Gasteiger partial charge is 0.327 e. The highest BCUT2D eigenvalue weighted by molar-refractivity contribution is 7.18. The number of nitrogens with zero attached hydrogens (tertiary/aromatic N) is 1. The van der Waals surface area contributed by atoms with Crippen LogP contribution in [0.15, 0.2) is 42.5 Å². The van der Waals surface area contributed by atoms with Gasteiger partial charge in [0, 0.05) is 0 Å². The molecule has 0 spiro atoms. The van der Waals surface area contributed by atoms with E-state index >= 15 is 0 Å². The lowest BCUT2D eigenvalue weighted by atomic mass is 9.99. The molecule has 3 aromatic rings. The minimum atomic E-state index is -0.760. The fourth-order valence-electron chi connectivity index (χ4n) is 3.61. The molecule has 1 aliphatic heterocycles. The Kier molecular flexibility index (Phi) is 5.13. The van der Waals surface area contributed by atoms with E-state index in [1.54, 1.807) is 11.3 Å². The number of aromatic nitrogens is 1. The Morgan fingerprint density at radius 2 is 1.96 bits per heavy atom. The van der Waals surface area contributed by atoms with Gasteiger partial charge in [0.25, 0.3) is 5.91 Å². The number of carbonyl (C=O) groups is 1. The summed E-state index contributed by atoms with van der Waals surface area (Å²) in [7, 11) is 0. The van der Waals surface area contributed by atoms with Gasteiger partial charge in [0.2, 0.25) is 0 Å². The molecule has 1 aromatic heterocycles. The lowest BCUT2D eigenvalue weighted by molar-refractivity contribution is -0.898. The summed E-state index contributed by atoms with van der Waals surface area (Å²) in [4.78, 5) is 18.1. The van der Waals surface area contributed by atoms with Gasteiger partial charge in [-0.15, -0.1) is 11.3 Å². The maximum Gasteiger partial charge on any atom is 0.279 e. The van der Waals surface area contributed by atoms with Crippen molar-refractivity contribution in [3.8, 4) is 0 Å². The van der Waals surface area contributed by atoms with E-state index in [1.165, 1.54) is 10.8 Å². The number of anilines is 1. The summed E-state index contributed by atoms with van der Waals surface area (Å²) in [6, 6.07) is 11.6. The van der Waals surface area contributed by atoms with E-state index < -0.39 is 11.6 Å². The third-order valence-electron chi connectivity index (χ3n) is 4.92. The SMILES string of the molecule is O=C(C[NH+]1CCC[C@@H](c2nc3ccccc3s2)C1)Nc1c(F)cccc1F. The Morgan fingerprint density at radius 3 is 2.74 bits per heavy atom. The predicted octanol–water partition coefficient (Wildman–Crippen LogP) is 2.98. The Balaban J connectivity index is 1.41. The van der Waals surface area contributed by atoms with Crippen molar-refractivity contribution in [3.63, 3.8) is 0 Å². The van der Waals surface area contributed by atoms with Crippen molar-refractivity contribution < 1.29 is 18.5 Å². The zero-order valence-corrected chi connectivity index (χ0v) is 15.5. The molecule has 1 fully saturated rings. The Labute approximate surface area is 159 Å². The van der Waals surface area contributed by atoms with Crippen molar-refractivity contribution in [2.75, 3.05) is 25.0 Å². The van der Waals surface area contributed by atoms with Crippen molar-refractivity contribution in [2.45, 2.75) is 18.8 Å². The van der Waals surface area contributed by atoms with Gasteiger partial charge in [-0.1, -0.05) is 18.2 Å². The molecular weight excluding hydrogens is 368 g/mol. The second-order valence-corrected chi connectivity index (χ2v) is 7.95. The van der Waals surface area contributed by atoms with Gasteiger partial charge < -0.3 is 10.2 Å². The number of piperidine rings is 1. The van der Waals surface area contributed by atoms with Crippen molar-refractivity contribution in [1.82, 2.24) is 4.98 Å². The van der Waals surface area contributed by atoms with Crippen LogP contribution in [-0.2, 0) is 4.79 Å².